The van der Waals surface area contributed by atoms with Crippen LogP contribution in [0.4, 0.5) is 4.39 Å². The van der Waals surface area contributed by atoms with E-state index in [9.17, 15) is 4.39 Å². The van der Waals surface area contributed by atoms with Crippen molar-refractivity contribution in [1.29, 1.82) is 0 Å². The lowest BCUT2D eigenvalue weighted by molar-refractivity contribution is 0.285. The van der Waals surface area contributed by atoms with Crippen LogP contribution in [0, 0.1) is 0 Å². The molecule has 1 aromatic rings. The van der Waals surface area contributed by atoms with Crippen LogP contribution >= 0.6 is 0 Å². The molecule has 0 aliphatic rings. The molecule has 3 nitrogen and oxygen atoms in total. The molecule has 0 aliphatic heterocycles. The van der Waals surface area contributed by atoms with Gasteiger partial charge in [-0.1, -0.05) is 0 Å². The van der Waals surface area contributed by atoms with Crippen LogP contribution in [0.15, 0.2) is 18.6 Å². The quantitative estimate of drug-likeness (QED) is 0.804. The van der Waals surface area contributed by atoms with E-state index < -0.39 is 6.17 Å². The van der Waals surface area contributed by atoms with Gasteiger partial charge in [-0.3, -0.25) is 9.97 Å². The molecule has 0 radical (unpaired) electrons. The average Bonchev–Trinajstić information content (AvgIpc) is 2.14. The van der Waals surface area contributed by atoms with Gasteiger partial charge >= 0.3 is 0 Å². The topological polar surface area (TPSA) is 37.8 Å². The van der Waals surface area contributed by atoms with Crippen molar-refractivity contribution >= 4 is 0 Å². The minimum absolute atomic E-state index is 0.0768. The monoisotopic (exact) mass is 197 g/mol. The van der Waals surface area contributed by atoms with Crippen LogP contribution in [-0.2, 0) is 0 Å². The minimum Gasteiger partial charge on any atom is -0.309 e. The number of nitrogens with zero attached hydrogens (tertiary/aromatic N) is 2. The van der Waals surface area contributed by atoms with Gasteiger partial charge in [0, 0.05) is 24.5 Å². The van der Waals surface area contributed by atoms with E-state index in [4.69, 9.17) is 0 Å². The smallest absolute Gasteiger partial charge is 0.156 e. The standard InChI is InChI=1S/C10H16FN3/c1-10(2,3)14-6-8(11)9-7-12-4-5-13-9/h4-5,7-8,14H,6H2,1-3H3. The fraction of sp³-hybridized carbons (Fsp3) is 0.600. The number of hydrogen-bond acceptors (Lipinski definition) is 3. The van der Waals surface area contributed by atoms with Crippen LogP contribution < -0.4 is 5.32 Å². The van der Waals surface area contributed by atoms with Gasteiger partial charge in [0.1, 0.15) is 0 Å². The second-order valence-electron chi connectivity index (χ2n) is 4.23. The molecule has 1 aromatic heterocycles. The summed E-state index contributed by atoms with van der Waals surface area (Å²) in [5.74, 6) is 0. The van der Waals surface area contributed by atoms with Gasteiger partial charge in [0.15, 0.2) is 6.17 Å². The molecule has 1 unspecified atom stereocenters. The van der Waals surface area contributed by atoms with Crippen molar-refractivity contribution in [2.24, 2.45) is 0 Å². The second-order valence-corrected chi connectivity index (χ2v) is 4.23. The van der Waals surface area contributed by atoms with E-state index in [2.05, 4.69) is 15.3 Å². The Labute approximate surface area is 83.8 Å². The molecule has 1 heterocycles. The Kier molecular flexibility index (Phi) is 3.52. The van der Waals surface area contributed by atoms with E-state index in [1.165, 1.54) is 18.6 Å². The molecule has 0 spiro atoms. The first-order valence-corrected chi connectivity index (χ1v) is 4.64. The van der Waals surface area contributed by atoms with Crippen molar-refractivity contribution in [3.63, 3.8) is 0 Å². The lowest BCUT2D eigenvalue weighted by Gasteiger charge is -2.21. The highest BCUT2D eigenvalue weighted by Crippen LogP contribution is 2.13. The molecule has 14 heavy (non-hydrogen) atoms. The van der Waals surface area contributed by atoms with E-state index >= 15 is 0 Å². The molecule has 78 valence electrons. The summed E-state index contributed by atoms with van der Waals surface area (Å²) in [6.45, 7) is 6.26. The van der Waals surface area contributed by atoms with Gasteiger partial charge in [-0.25, -0.2) is 4.39 Å². The molecule has 0 fully saturated rings. The number of halogens is 1. The number of nitrogens with one attached hydrogen (secondary N) is 1. The fourth-order valence-electron chi connectivity index (χ4n) is 0.973. The normalized spacial score (nSPS) is 14.0. The van der Waals surface area contributed by atoms with Crippen molar-refractivity contribution in [3.05, 3.63) is 24.3 Å². The first kappa shape index (κ1) is 11.0. The van der Waals surface area contributed by atoms with Gasteiger partial charge in [-0.05, 0) is 20.8 Å². The molecule has 0 aliphatic carbocycles. The molecule has 0 amide bonds. The molecule has 1 rings (SSSR count). The average molecular weight is 197 g/mol. The van der Waals surface area contributed by atoms with Gasteiger partial charge in [-0.15, -0.1) is 0 Å². The molecule has 1 atom stereocenters. The van der Waals surface area contributed by atoms with E-state index in [1.807, 2.05) is 20.8 Å². The summed E-state index contributed by atoms with van der Waals surface area (Å²) < 4.78 is 13.5. The maximum absolute atomic E-state index is 13.5. The molecule has 4 heteroatoms. The molecule has 0 bridgehead atoms. The van der Waals surface area contributed by atoms with Gasteiger partial charge in [-0.2, -0.15) is 0 Å². The predicted octanol–water partition coefficient (Wildman–Crippen LogP) is 1.88. The van der Waals surface area contributed by atoms with Crippen LogP contribution in [-0.4, -0.2) is 22.1 Å². The van der Waals surface area contributed by atoms with Crippen molar-refractivity contribution in [2.45, 2.75) is 32.5 Å². The molecular weight excluding hydrogens is 181 g/mol. The SMILES string of the molecule is CC(C)(C)NCC(F)c1cnccn1. The minimum atomic E-state index is -1.09. The molecular formula is C10H16FN3. The zero-order chi connectivity index (χ0) is 10.6. The van der Waals surface area contributed by atoms with Gasteiger partial charge in [0.25, 0.3) is 0 Å². The zero-order valence-electron chi connectivity index (χ0n) is 8.79. The van der Waals surface area contributed by atoms with Crippen LogP contribution in [0.2, 0.25) is 0 Å². The van der Waals surface area contributed by atoms with Crippen LogP contribution in [0.1, 0.15) is 32.6 Å². The van der Waals surface area contributed by atoms with Crippen LogP contribution in [0.5, 0.6) is 0 Å². The summed E-state index contributed by atoms with van der Waals surface area (Å²) in [6, 6.07) is 0. The predicted molar refractivity (Wildman–Crippen MR) is 53.6 cm³/mol. The molecule has 1 N–H and O–H groups in total. The van der Waals surface area contributed by atoms with E-state index in [1.54, 1.807) is 0 Å². The highest BCUT2D eigenvalue weighted by Gasteiger charge is 2.15. The Bertz CT molecular complexity index is 268. The lowest BCUT2D eigenvalue weighted by Crippen LogP contribution is -2.38. The summed E-state index contributed by atoms with van der Waals surface area (Å²) in [6.07, 6.45) is 3.39. The van der Waals surface area contributed by atoms with E-state index in [-0.39, 0.29) is 12.1 Å². The summed E-state index contributed by atoms with van der Waals surface area (Å²) in [5.41, 5.74) is 0.302. The first-order valence-electron chi connectivity index (χ1n) is 4.64. The van der Waals surface area contributed by atoms with Crippen molar-refractivity contribution in [3.8, 4) is 0 Å². The highest BCUT2D eigenvalue weighted by molar-refractivity contribution is 5.00. The summed E-state index contributed by atoms with van der Waals surface area (Å²) in [7, 11) is 0. The van der Waals surface area contributed by atoms with Crippen LogP contribution in [0.25, 0.3) is 0 Å². The zero-order valence-corrected chi connectivity index (χ0v) is 8.79. The van der Waals surface area contributed by atoms with Gasteiger partial charge in [0.2, 0.25) is 0 Å². The Balaban J connectivity index is 2.48. The molecule has 0 aromatic carbocycles. The summed E-state index contributed by atoms with van der Waals surface area (Å²) in [4.78, 5) is 7.72. The fourth-order valence-corrected chi connectivity index (χ4v) is 0.973. The number of rotatable bonds is 3. The number of alkyl halides is 1. The van der Waals surface area contributed by atoms with Gasteiger partial charge < -0.3 is 5.32 Å². The summed E-state index contributed by atoms with van der Waals surface area (Å²) in [5, 5.41) is 3.08. The third kappa shape index (κ3) is 3.79. The van der Waals surface area contributed by atoms with Crippen LogP contribution in [0.3, 0.4) is 0 Å². The maximum Gasteiger partial charge on any atom is 0.156 e. The number of hydrogen-bond donors (Lipinski definition) is 1. The largest absolute Gasteiger partial charge is 0.309 e. The van der Waals surface area contributed by atoms with Crippen molar-refractivity contribution in [1.82, 2.24) is 15.3 Å². The molecule has 0 saturated carbocycles. The third-order valence-corrected chi connectivity index (χ3v) is 1.72. The number of aromatic nitrogens is 2. The van der Waals surface area contributed by atoms with E-state index in [0.717, 1.165) is 0 Å². The Morgan fingerprint density at radius 1 is 1.43 bits per heavy atom. The Morgan fingerprint density at radius 3 is 2.64 bits per heavy atom. The Morgan fingerprint density at radius 2 is 2.14 bits per heavy atom. The van der Waals surface area contributed by atoms with Crippen molar-refractivity contribution < 1.29 is 4.39 Å². The summed E-state index contributed by atoms with van der Waals surface area (Å²) >= 11 is 0. The Hall–Kier alpha value is -1.03. The van der Waals surface area contributed by atoms with E-state index in [0.29, 0.717) is 5.69 Å². The first-order chi connectivity index (χ1) is 6.49. The van der Waals surface area contributed by atoms with Crippen molar-refractivity contribution in [2.75, 3.05) is 6.54 Å². The lowest BCUT2D eigenvalue weighted by atomic mass is 10.1. The third-order valence-electron chi connectivity index (χ3n) is 1.72. The highest BCUT2D eigenvalue weighted by atomic mass is 19.1. The second kappa shape index (κ2) is 4.46. The van der Waals surface area contributed by atoms with Gasteiger partial charge in [0.05, 0.1) is 11.9 Å². The maximum atomic E-state index is 13.5. The molecule has 0 saturated heterocycles.